The quantitative estimate of drug-likeness (QED) is 0.738. The molecule has 0 spiro atoms. The van der Waals surface area contributed by atoms with Gasteiger partial charge in [0.05, 0.1) is 12.1 Å². The van der Waals surface area contributed by atoms with Gasteiger partial charge in [-0.25, -0.2) is 9.78 Å². The highest BCUT2D eigenvalue weighted by molar-refractivity contribution is 7.14. The zero-order valence-corrected chi connectivity index (χ0v) is 14.0. The van der Waals surface area contributed by atoms with E-state index in [2.05, 4.69) is 20.9 Å². The SMILES string of the molecule is Cc1ccc(-c2csc(NC(=O)CC3NC(=O)NC3=O)n2)cc1C. The Bertz CT molecular complexity index is 830. The van der Waals surface area contributed by atoms with Gasteiger partial charge in [-0.05, 0) is 31.0 Å². The van der Waals surface area contributed by atoms with Crippen molar-refractivity contribution < 1.29 is 14.4 Å². The maximum Gasteiger partial charge on any atom is 0.322 e. The average Bonchev–Trinajstić information content (AvgIpc) is 3.09. The van der Waals surface area contributed by atoms with Gasteiger partial charge < -0.3 is 10.6 Å². The largest absolute Gasteiger partial charge is 0.325 e. The Morgan fingerprint density at radius 3 is 2.75 bits per heavy atom. The lowest BCUT2D eigenvalue weighted by Gasteiger charge is -2.06. The summed E-state index contributed by atoms with van der Waals surface area (Å²) in [6, 6.07) is 4.65. The summed E-state index contributed by atoms with van der Waals surface area (Å²) < 4.78 is 0. The first-order chi connectivity index (χ1) is 11.4. The molecular formula is C16H16N4O3S. The molecule has 8 heteroatoms. The van der Waals surface area contributed by atoms with Gasteiger partial charge in [0.15, 0.2) is 5.13 Å². The van der Waals surface area contributed by atoms with Gasteiger partial charge in [0.25, 0.3) is 5.91 Å². The summed E-state index contributed by atoms with van der Waals surface area (Å²) in [6.07, 6.45) is -0.129. The maximum absolute atomic E-state index is 12.0. The van der Waals surface area contributed by atoms with Crippen molar-refractivity contribution >= 4 is 34.3 Å². The number of anilines is 1. The molecule has 1 unspecified atom stereocenters. The normalized spacial score (nSPS) is 16.7. The van der Waals surface area contributed by atoms with Gasteiger partial charge in [-0.3, -0.25) is 14.9 Å². The van der Waals surface area contributed by atoms with Crippen molar-refractivity contribution in [3.63, 3.8) is 0 Å². The van der Waals surface area contributed by atoms with Crippen molar-refractivity contribution in [2.24, 2.45) is 0 Å². The molecule has 2 aromatic rings. The van der Waals surface area contributed by atoms with Gasteiger partial charge >= 0.3 is 6.03 Å². The Hall–Kier alpha value is -2.74. The third-order valence-electron chi connectivity index (χ3n) is 3.80. The first-order valence-corrected chi connectivity index (χ1v) is 8.24. The minimum atomic E-state index is -0.836. The predicted molar refractivity (Wildman–Crippen MR) is 90.7 cm³/mol. The summed E-state index contributed by atoms with van der Waals surface area (Å²) in [5.41, 5.74) is 4.15. The number of hydrogen-bond acceptors (Lipinski definition) is 5. The van der Waals surface area contributed by atoms with Crippen LogP contribution >= 0.6 is 11.3 Å². The van der Waals surface area contributed by atoms with E-state index in [0.29, 0.717) is 5.13 Å². The van der Waals surface area contributed by atoms with Crippen LogP contribution in [0.4, 0.5) is 9.93 Å². The lowest BCUT2D eigenvalue weighted by molar-refractivity contribution is -0.124. The van der Waals surface area contributed by atoms with E-state index in [1.165, 1.54) is 22.5 Å². The summed E-state index contributed by atoms with van der Waals surface area (Å²) in [7, 11) is 0. The highest BCUT2D eigenvalue weighted by Crippen LogP contribution is 2.26. The predicted octanol–water partition coefficient (Wildman–Crippen LogP) is 1.96. The topological polar surface area (TPSA) is 100 Å². The molecule has 3 rings (SSSR count). The molecule has 0 saturated carbocycles. The van der Waals surface area contributed by atoms with Gasteiger partial charge in [0, 0.05) is 10.9 Å². The Kier molecular flexibility index (Phi) is 4.30. The minimum absolute atomic E-state index is 0.129. The number of carbonyl (C=O) groups is 3. The molecule has 3 N–H and O–H groups in total. The van der Waals surface area contributed by atoms with E-state index < -0.39 is 18.0 Å². The molecule has 24 heavy (non-hydrogen) atoms. The van der Waals surface area contributed by atoms with Crippen LogP contribution < -0.4 is 16.0 Å². The summed E-state index contributed by atoms with van der Waals surface area (Å²) in [4.78, 5) is 38.9. The molecule has 0 radical (unpaired) electrons. The Morgan fingerprint density at radius 1 is 1.29 bits per heavy atom. The summed E-state index contributed by atoms with van der Waals surface area (Å²) in [5.74, 6) is -0.872. The second-order valence-electron chi connectivity index (χ2n) is 5.60. The molecule has 1 atom stereocenters. The second kappa shape index (κ2) is 6.40. The van der Waals surface area contributed by atoms with Crippen LogP contribution in [0.15, 0.2) is 23.6 Å². The number of amides is 4. The fourth-order valence-electron chi connectivity index (χ4n) is 2.32. The average molecular weight is 344 g/mol. The van der Waals surface area contributed by atoms with Crippen LogP contribution in [0.5, 0.6) is 0 Å². The molecule has 1 aromatic carbocycles. The number of rotatable bonds is 4. The molecule has 124 valence electrons. The third kappa shape index (κ3) is 3.43. The minimum Gasteiger partial charge on any atom is -0.325 e. The molecule has 1 aliphatic rings. The first-order valence-electron chi connectivity index (χ1n) is 7.37. The number of urea groups is 1. The standard InChI is InChI=1S/C16H16N4O3S/c1-8-3-4-10(5-9(8)2)12-7-24-16(18-12)19-13(21)6-11-14(22)20-15(23)17-11/h3-5,7,11H,6H2,1-2H3,(H,18,19,21)(H2,17,20,22,23). The number of thiazole rings is 1. The highest BCUT2D eigenvalue weighted by atomic mass is 32.1. The molecule has 1 aliphatic heterocycles. The van der Waals surface area contributed by atoms with Crippen molar-refractivity contribution in [2.75, 3.05) is 5.32 Å². The van der Waals surface area contributed by atoms with E-state index in [4.69, 9.17) is 0 Å². The molecule has 4 amide bonds. The van der Waals surface area contributed by atoms with Gasteiger partial charge in [-0.1, -0.05) is 12.1 Å². The van der Waals surface area contributed by atoms with E-state index >= 15 is 0 Å². The summed E-state index contributed by atoms with van der Waals surface area (Å²) in [5, 5.41) is 9.45. The second-order valence-corrected chi connectivity index (χ2v) is 6.46. The fourth-order valence-corrected chi connectivity index (χ4v) is 3.06. The summed E-state index contributed by atoms with van der Waals surface area (Å²) in [6.45, 7) is 4.08. The molecule has 1 saturated heterocycles. The maximum atomic E-state index is 12.0. The number of nitrogens with one attached hydrogen (secondary N) is 3. The molecular weight excluding hydrogens is 328 g/mol. The Labute approximate surface area is 142 Å². The van der Waals surface area contributed by atoms with Crippen molar-refractivity contribution in [1.82, 2.24) is 15.6 Å². The first kappa shape index (κ1) is 16.1. The highest BCUT2D eigenvalue weighted by Gasteiger charge is 2.31. The number of nitrogens with zero attached hydrogens (tertiary/aromatic N) is 1. The smallest absolute Gasteiger partial charge is 0.322 e. The van der Waals surface area contributed by atoms with Crippen LogP contribution in [-0.2, 0) is 9.59 Å². The monoisotopic (exact) mass is 344 g/mol. The van der Waals surface area contributed by atoms with Crippen LogP contribution in [0.3, 0.4) is 0 Å². The number of benzene rings is 1. The van der Waals surface area contributed by atoms with Crippen molar-refractivity contribution in [2.45, 2.75) is 26.3 Å². The van der Waals surface area contributed by atoms with Crippen molar-refractivity contribution in [1.29, 1.82) is 0 Å². The van der Waals surface area contributed by atoms with Crippen LogP contribution in [0.1, 0.15) is 17.5 Å². The Balaban J connectivity index is 1.65. The van der Waals surface area contributed by atoms with E-state index in [1.54, 1.807) is 0 Å². The molecule has 7 nitrogen and oxygen atoms in total. The van der Waals surface area contributed by atoms with Gasteiger partial charge in [-0.15, -0.1) is 11.3 Å². The van der Waals surface area contributed by atoms with Gasteiger partial charge in [0.1, 0.15) is 6.04 Å². The number of aromatic nitrogens is 1. The van der Waals surface area contributed by atoms with Crippen LogP contribution in [0.25, 0.3) is 11.3 Å². The number of aryl methyl sites for hydroxylation is 2. The Morgan fingerprint density at radius 2 is 2.08 bits per heavy atom. The fraction of sp³-hybridized carbons (Fsp3) is 0.250. The van der Waals surface area contributed by atoms with E-state index in [1.807, 2.05) is 37.4 Å². The zero-order valence-electron chi connectivity index (χ0n) is 13.2. The molecule has 0 aliphatic carbocycles. The van der Waals surface area contributed by atoms with E-state index in [0.717, 1.165) is 11.3 Å². The van der Waals surface area contributed by atoms with Crippen LogP contribution in [0, 0.1) is 13.8 Å². The number of carbonyl (C=O) groups excluding carboxylic acids is 3. The van der Waals surface area contributed by atoms with E-state index in [-0.39, 0.29) is 12.3 Å². The van der Waals surface area contributed by atoms with Crippen molar-refractivity contribution in [3.8, 4) is 11.3 Å². The van der Waals surface area contributed by atoms with Crippen molar-refractivity contribution in [3.05, 3.63) is 34.7 Å². The third-order valence-corrected chi connectivity index (χ3v) is 4.56. The van der Waals surface area contributed by atoms with E-state index in [9.17, 15) is 14.4 Å². The van der Waals surface area contributed by atoms with Gasteiger partial charge in [0.2, 0.25) is 5.91 Å². The van der Waals surface area contributed by atoms with Crippen LogP contribution in [-0.4, -0.2) is 28.9 Å². The number of hydrogen-bond donors (Lipinski definition) is 3. The van der Waals surface area contributed by atoms with Gasteiger partial charge in [-0.2, -0.15) is 0 Å². The zero-order chi connectivity index (χ0) is 17.3. The molecule has 1 fully saturated rings. The lowest BCUT2D eigenvalue weighted by atomic mass is 10.1. The molecule has 1 aromatic heterocycles. The summed E-state index contributed by atoms with van der Waals surface area (Å²) >= 11 is 1.31. The molecule has 2 heterocycles. The molecule has 0 bridgehead atoms. The van der Waals surface area contributed by atoms with Crippen LogP contribution in [0.2, 0.25) is 0 Å². The lowest BCUT2D eigenvalue weighted by Crippen LogP contribution is -2.33. The number of imide groups is 1.